The highest BCUT2D eigenvalue weighted by atomic mass is 32.2. The van der Waals surface area contributed by atoms with E-state index in [0.29, 0.717) is 6.42 Å². The van der Waals surface area contributed by atoms with Crippen LogP contribution >= 0.6 is 22.7 Å². The number of hydrogen-bond donors (Lipinski definition) is 2. The molecule has 0 unspecified atom stereocenters. The van der Waals surface area contributed by atoms with Gasteiger partial charge < -0.3 is 0 Å². The minimum absolute atomic E-state index is 0.00533. The lowest BCUT2D eigenvalue weighted by molar-refractivity contribution is 0.581. The first kappa shape index (κ1) is 18.9. The molecule has 7 nitrogen and oxygen atoms in total. The number of sulfonamides is 1. The van der Waals surface area contributed by atoms with Gasteiger partial charge in [-0.3, -0.25) is 0 Å². The van der Waals surface area contributed by atoms with Gasteiger partial charge in [-0.05, 0) is 53.4 Å². The van der Waals surface area contributed by atoms with Crippen molar-refractivity contribution < 1.29 is 12.8 Å². The SMILES string of the molecule is O=S(=O)(NCCc1ccc(-c2cccs2)s1)c1ccc(F)c(-c2nn[nH]n2)c1. The summed E-state index contributed by atoms with van der Waals surface area (Å²) in [6.45, 7) is 0.238. The second-order valence-corrected chi connectivity index (χ2v) is 9.65. The van der Waals surface area contributed by atoms with E-state index < -0.39 is 15.8 Å². The van der Waals surface area contributed by atoms with Crippen molar-refractivity contribution in [2.75, 3.05) is 6.54 Å². The number of nitrogens with one attached hydrogen (secondary N) is 2. The van der Waals surface area contributed by atoms with Gasteiger partial charge in [0.25, 0.3) is 0 Å². The summed E-state index contributed by atoms with van der Waals surface area (Å²) in [5, 5.41) is 15.0. The summed E-state index contributed by atoms with van der Waals surface area (Å²) < 4.78 is 41.6. The fourth-order valence-electron chi connectivity index (χ4n) is 2.57. The van der Waals surface area contributed by atoms with E-state index in [9.17, 15) is 12.8 Å². The molecular formula is C17H14FN5O2S3. The number of halogens is 1. The molecule has 0 spiro atoms. The summed E-state index contributed by atoms with van der Waals surface area (Å²) in [5.41, 5.74) is -0.0320. The number of tetrazole rings is 1. The molecule has 0 aliphatic carbocycles. The number of aromatic nitrogens is 4. The summed E-state index contributed by atoms with van der Waals surface area (Å²) in [6, 6.07) is 11.6. The van der Waals surface area contributed by atoms with Gasteiger partial charge in [-0.15, -0.1) is 32.9 Å². The van der Waals surface area contributed by atoms with Crippen LogP contribution in [0.15, 0.2) is 52.7 Å². The standard InChI is InChI=1S/C17H14FN5O2S3/c18-14-5-4-12(10-13(14)17-20-22-23-21-17)28(24,25)19-8-7-11-3-6-16(27-11)15-2-1-9-26-15/h1-6,9-10,19H,7-8H2,(H,20,21,22,23). The van der Waals surface area contributed by atoms with Gasteiger partial charge in [-0.25, -0.2) is 17.5 Å². The van der Waals surface area contributed by atoms with E-state index in [0.717, 1.165) is 15.8 Å². The Morgan fingerprint density at radius 3 is 2.79 bits per heavy atom. The van der Waals surface area contributed by atoms with E-state index in [2.05, 4.69) is 31.4 Å². The summed E-state index contributed by atoms with van der Waals surface area (Å²) in [4.78, 5) is 3.38. The Balaban J connectivity index is 1.44. The smallest absolute Gasteiger partial charge is 0.211 e. The van der Waals surface area contributed by atoms with Crippen molar-refractivity contribution in [1.29, 1.82) is 0 Å². The molecule has 0 aliphatic rings. The highest BCUT2D eigenvalue weighted by Gasteiger charge is 2.18. The summed E-state index contributed by atoms with van der Waals surface area (Å²) >= 11 is 3.31. The Morgan fingerprint density at radius 1 is 1.14 bits per heavy atom. The van der Waals surface area contributed by atoms with Crippen LogP contribution in [0.3, 0.4) is 0 Å². The number of nitrogens with zero attached hydrogens (tertiary/aromatic N) is 3. The van der Waals surface area contributed by atoms with E-state index in [1.54, 1.807) is 22.7 Å². The first-order chi connectivity index (χ1) is 13.5. The predicted molar refractivity (Wildman–Crippen MR) is 106 cm³/mol. The van der Waals surface area contributed by atoms with Gasteiger partial charge in [0.1, 0.15) is 5.82 Å². The van der Waals surface area contributed by atoms with Crippen molar-refractivity contribution in [2.45, 2.75) is 11.3 Å². The van der Waals surface area contributed by atoms with Crippen LogP contribution in [-0.4, -0.2) is 35.6 Å². The molecule has 4 aromatic rings. The topological polar surface area (TPSA) is 101 Å². The molecule has 0 bridgehead atoms. The van der Waals surface area contributed by atoms with Gasteiger partial charge >= 0.3 is 0 Å². The molecule has 0 saturated heterocycles. The maximum absolute atomic E-state index is 14.0. The number of benzene rings is 1. The number of rotatable bonds is 7. The van der Waals surface area contributed by atoms with Crippen molar-refractivity contribution in [3.05, 3.63) is 58.5 Å². The lowest BCUT2D eigenvalue weighted by Gasteiger charge is -2.07. The Hall–Kier alpha value is -2.47. The van der Waals surface area contributed by atoms with Crippen LogP contribution in [0.5, 0.6) is 0 Å². The van der Waals surface area contributed by atoms with Crippen LogP contribution in [0.25, 0.3) is 21.1 Å². The third-order valence-electron chi connectivity index (χ3n) is 3.92. The first-order valence-corrected chi connectivity index (χ1v) is 11.4. The van der Waals surface area contributed by atoms with Gasteiger partial charge in [0, 0.05) is 21.2 Å². The molecule has 1 aromatic carbocycles. The van der Waals surface area contributed by atoms with Gasteiger partial charge in [0.15, 0.2) is 0 Å². The third-order valence-corrected chi connectivity index (χ3v) is 7.59. The Labute approximate surface area is 168 Å². The lowest BCUT2D eigenvalue weighted by atomic mass is 10.2. The van der Waals surface area contributed by atoms with Crippen LogP contribution in [0.4, 0.5) is 4.39 Å². The summed E-state index contributed by atoms with van der Waals surface area (Å²) in [5.74, 6) is -0.630. The number of thiophene rings is 2. The first-order valence-electron chi connectivity index (χ1n) is 8.18. The molecule has 144 valence electrons. The van der Waals surface area contributed by atoms with Crippen molar-refractivity contribution in [3.63, 3.8) is 0 Å². The van der Waals surface area contributed by atoms with E-state index in [4.69, 9.17) is 0 Å². The average Bonchev–Trinajstić information content (AvgIpc) is 3.43. The predicted octanol–water partition coefficient (Wildman–Crippen LogP) is 3.32. The van der Waals surface area contributed by atoms with Crippen LogP contribution in [0.1, 0.15) is 4.88 Å². The minimum Gasteiger partial charge on any atom is -0.211 e. The molecule has 3 aromatic heterocycles. The highest BCUT2D eigenvalue weighted by molar-refractivity contribution is 7.89. The summed E-state index contributed by atoms with van der Waals surface area (Å²) in [7, 11) is -3.79. The van der Waals surface area contributed by atoms with Crippen LogP contribution < -0.4 is 4.72 Å². The quantitative estimate of drug-likeness (QED) is 0.464. The van der Waals surface area contributed by atoms with Crippen molar-refractivity contribution >= 4 is 32.7 Å². The minimum atomic E-state index is -3.79. The number of aromatic amines is 1. The van der Waals surface area contributed by atoms with Crippen LogP contribution in [0.2, 0.25) is 0 Å². The van der Waals surface area contributed by atoms with Gasteiger partial charge in [0.05, 0.1) is 10.5 Å². The lowest BCUT2D eigenvalue weighted by Crippen LogP contribution is -2.26. The molecule has 11 heteroatoms. The molecule has 28 heavy (non-hydrogen) atoms. The molecule has 2 N–H and O–H groups in total. The van der Waals surface area contributed by atoms with Gasteiger partial charge in [0.2, 0.25) is 15.8 Å². The molecule has 0 saturated carbocycles. The Kier molecular flexibility index (Phi) is 5.31. The second kappa shape index (κ2) is 7.87. The Bertz CT molecular complexity index is 1170. The zero-order valence-electron chi connectivity index (χ0n) is 14.3. The highest BCUT2D eigenvalue weighted by Crippen LogP contribution is 2.31. The average molecular weight is 436 g/mol. The molecule has 0 amide bonds. The van der Waals surface area contributed by atoms with E-state index in [1.165, 1.54) is 17.0 Å². The van der Waals surface area contributed by atoms with Crippen molar-refractivity contribution in [2.24, 2.45) is 0 Å². The molecular weight excluding hydrogens is 421 g/mol. The van der Waals surface area contributed by atoms with Crippen LogP contribution in [0, 0.1) is 5.82 Å². The zero-order valence-corrected chi connectivity index (χ0v) is 16.7. The number of hydrogen-bond acceptors (Lipinski definition) is 7. The van der Waals surface area contributed by atoms with E-state index in [1.807, 2.05) is 23.6 Å². The fourth-order valence-corrected chi connectivity index (χ4v) is 5.47. The third kappa shape index (κ3) is 4.02. The number of H-pyrrole nitrogens is 1. The molecule has 0 radical (unpaired) electrons. The van der Waals surface area contributed by atoms with Gasteiger partial charge in [-0.2, -0.15) is 5.21 Å². The Morgan fingerprint density at radius 2 is 2.04 bits per heavy atom. The monoisotopic (exact) mass is 435 g/mol. The molecule has 0 aliphatic heterocycles. The molecule has 4 rings (SSSR count). The van der Waals surface area contributed by atoms with Gasteiger partial charge in [-0.1, -0.05) is 6.07 Å². The maximum atomic E-state index is 14.0. The van der Waals surface area contributed by atoms with Crippen molar-refractivity contribution in [1.82, 2.24) is 25.3 Å². The van der Waals surface area contributed by atoms with E-state index >= 15 is 0 Å². The maximum Gasteiger partial charge on any atom is 0.240 e. The zero-order chi connectivity index (χ0) is 19.6. The molecule has 0 fully saturated rings. The largest absolute Gasteiger partial charge is 0.240 e. The molecule has 0 atom stereocenters. The van der Waals surface area contributed by atoms with Crippen LogP contribution in [-0.2, 0) is 16.4 Å². The fraction of sp³-hybridized carbons (Fsp3) is 0.118. The summed E-state index contributed by atoms with van der Waals surface area (Å²) in [6.07, 6.45) is 0.564. The van der Waals surface area contributed by atoms with Crippen molar-refractivity contribution in [3.8, 4) is 21.1 Å². The normalized spacial score (nSPS) is 11.8. The molecule has 3 heterocycles. The van der Waals surface area contributed by atoms with E-state index in [-0.39, 0.29) is 22.8 Å². The second-order valence-electron chi connectivity index (χ2n) is 5.77.